The van der Waals surface area contributed by atoms with Crippen molar-refractivity contribution in [2.75, 3.05) is 7.11 Å². The Labute approximate surface area is 156 Å². The van der Waals surface area contributed by atoms with Crippen molar-refractivity contribution in [1.29, 1.82) is 0 Å². The molecule has 2 aromatic rings. The topological polar surface area (TPSA) is 65.2 Å². The lowest BCUT2D eigenvalue weighted by Gasteiger charge is -2.21. The quantitative estimate of drug-likeness (QED) is 0.746. The lowest BCUT2D eigenvalue weighted by atomic mass is 9.89. The monoisotopic (exact) mass is 354 g/mol. The summed E-state index contributed by atoms with van der Waals surface area (Å²) in [6, 6.07) is 8.20. The van der Waals surface area contributed by atoms with Gasteiger partial charge in [-0.1, -0.05) is 57.0 Å². The van der Waals surface area contributed by atoms with Crippen molar-refractivity contribution in [3.8, 4) is 11.1 Å². The van der Waals surface area contributed by atoms with Crippen molar-refractivity contribution in [3.05, 3.63) is 52.3 Å². The summed E-state index contributed by atoms with van der Waals surface area (Å²) >= 11 is 0. The summed E-state index contributed by atoms with van der Waals surface area (Å²) in [7, 11) is 1.42. The van der Waals surface area contributed by atoms with Crippen LogP contribution in [0.25, 0.3) is 11.1 Å². The summed E-state index contributed by atoms with van der Waals surface area (Å²) in [5, 5.41) is 0. The molecule has 2 N–H and O–H groups in total. The molecule has 2 rings (SSSR count). The number of hydrogen-bond donors (Lipinski definition) is 1. The number of nitrogens with two attached hydrogens (primary N) is 1. The van der Waals surface area contributed by atoms with Crippen LogP contribution in [0.2, 0.25) is 0 Å². The van der Waals surface area contributed by atoms with Crippen LogP contribution < -0.4 is 5.73 Å². The Morgan fingerprint density at radius 3 is 2.35 bits per heavy atom. The molecular formula is C22H30N2O2. The van der Waals surface area contributed by atoms with E-state index in [9.17, 15) is 4.79 Å². The van der Waals surface area contributed by atoms with Crippen LogP contribution in [0.4, 0.5) is 0 Å². The average Bonchev–Trinajstić information content (AvgIpc) is 2.61. The van der Waals surface area contributed by atoms with Crippen LogP contribution in [0.15, 0.2) is 24.3 Å². The number of aromatic nitrogens is 1. The fourth-order valence-electron chi connectivity index (χ4n) is 3.28. The third-order valence-electron chi connectivity index (χ3n) is 4.48. The van der Waals surface area contributed by atoms with Gasteiger partial charge >= 0.3 is 5.97 Å². The summed E-state index contributed by atoms with van der Waals surface area (Å²) < 4.78 is 5.11. The molecule has 1 aromatic heterocycles. The minimum Gasteiger partial charge on any atom is -0.465 e. The zero-order valence-corrected chi connectivity index (χ0v) is 16.6. The number of carbonyl (C=O) groups excluding carboxylic acids is 1. The Hall–Kier alpha value is -2.20. The maximum atomic E-state index is 12.7. The molecular weight excluding hydrogens is 324 g/mol. The SMILES string of the molecule is CCCc1nc(CC(C)C)c(CN)c(-c2ccc(C)cc2)c1C(=O)OC. The smallest absolute Gasteiger partial charge is 0.340 e. The molecule has 4 heteroatoms. The molecule has 140 valence electrons. The van der Waals surface area contributed by atoms with Crippen molar-refractivity contribution >= 4 is 5.97 Å². The number of methoxy groups -OCH3 is 1. The first-order valence-electron chi connectivity index (χ1n) is 9.32. The van der Waals surface area contributed by atoms with Crippen molar-refractivity contribution < 1.29 is 9.53 Å². The number of rotatable bonds is 7. The molecule has 1 heterocycles. The normalized spacial score (nSPS) is 11.0. The van der Waals surface area contributed by atoms with Gasteiger partial charge in [0.15, 0.2) is 0 Å². The lowest BCUT2D eigenvalue weighted by Crippen LogP contribution is -2.18. The average molecular weight is 354 g/mol. The van der Waals surface area contributed by atoms with E-state index in [-0.39, 0.29) is 5.97 Å². The Morgan fingerprint density at radius 1 is 1.19 bits per heavy atom. The molecule has 0 aliphatic heterocycles. The zero-order chi connectivity index (χ0) is 19.3. The first kappa shape index (κ1) is 20.1. The second kappa shape index (κ2) is 8.95. The maximum Gasteiger partial charge on any atom is 0.340 e. The maximum absolute atomic E-state index is 12.7. The Morgan fingerprint density at radius 2 is 1.85 bits per heavy atom. The Bertz CT molecular complexity index is 765. The van der Waals surface area contributed by atoms with Gasteiger partial charge in [-0.15, -0.1) is 0 Å². The Balaban J connectivity index is 2.86. The van der Waals surface area contributed by atoms with E-state index in [1.54, 1.807) is 0 Å². The van der Waals surface area contributed by atoms with Crippen molar-refractivity contribution in [3.63, 3.8) is 0 Å². The zero-order valence-electron chi connectivity index (χ0n) is 16.6. The van der Waals surface area contributed by atoms with E-state index >= 15 is 0 Å². The molecule has 0 aliphatic carbocycles. The van der Waals surface area contributed by atoms with Gasteiger partial charge in [0.05, 0.1) is 18.4 Å². The standard InChI is InChI=1S/C22H30N2O2/c1-6-7-18-21(22(25)26-5)20(16-10-8-15(4)9-11-16)17(13-23)19(24-18)12-14(2)3/h8-11,14H,6-7,12-13,23H2,1-5H3. The highest BCUT2D eigenvalue weighted by molar-refractivity contribution is 5.99. The third kappa shape index (κ3) is 4.31. The summed E-state index contributed by atoms with van der Waals surface area (Å²) in [6.45, 7) is 8.82. The van der Waals surface area contributed by atoms with Crippen LogP contribution >= 0.6 is 0 Å². The first-order chi connectivity index (χ1) is 12.4. The van der Waals surface area contributed by atoms with E-state index in [4.69, 9.17) is 15.5 Å². The Kier molecular flexibility index (Phi) is 6.92. The van der Waals surface area contributed by atoms with Crippen LogP contribution in [-0.2, 0) is 24.1 Å². The highest BCUT2D eigenvalue weighted by atomic mass is 16.5. The summed E-state index contributed by atoms with van der Waals surface area (Å²) in [5.74, 6) is 0.111. The van der Waals surface area contributed by atoms with Crippen LogP contribution in [0.5, 0.6) is 0 Å². The molecule has 0 spiro atoms. The van der Waals surface area contributed by atoms with Crippen LogP contribution in [0.1, 0.15) is 60.1 Å². The number of esters is 1. The lowest BCUT2D eigenvalue weighted by molar-refractivity contribution is 0.0599. The predicted molar refractivity (Wildman–Crippen MR) is 106 cm³/mol. The molecule has 0 unspecified atom stereocenters. The van der Waals surface area contributed by atoms with Gasteiger partial charge in [0.1, 0.15) is 0 Å². The molecule has 0 saturated carbocycles. The van der Waals surface area contributed by atoms with E-state index in [0.717, 1.165) is 47.3 Å². The van der Waals surface area contributed by atoms with Gasteiger partial charge in [0, 0.05) is 17.8 Å². The van der Waals surface area contributed by atoms with Gasteiger partial charge in [-0.05, 0) is 36.8 Å². The van der Waals surface area contributed by atoms with E-state index in [2.05, 4.69) is 32.9 Å². The molecule has 0 fully saturated rings. The number of carbonyl (C=O) groups is 1. The van der Waals surface area contributed by atoms with Crippen molar-refractivity contribution in [1.82, 2.24) is 4.98 Å². The number of benzene rings is 1. The number of pyridine rings is 1. The second-order valence-corrected chi connectivity index (χ2v) is 7.14. The second-order valence-electron chi connectivity index (χ2n) is 7.14. The minimum absolute atomic E-state index is 0.342. The van der Waals surface area contributed by atoms with Gasteiger partial charge in [0.25, 0.3) is 0 Å². The largest absolute Gasteiger partial charge is 0.465 e. The number of nitrogens with zero attached hydrogens (tertiary/aromatic N) is 1. The first-order valence-corrected chi connectivity index (χ1v) is 9.32. The van der Waals surface area contributed by atoms with E-state index < -0.39 is 0 Å². The third-order valence-corrected chi connectivity index (χ3v) is 4.48. The van der Waals surface area contributed by atoms with Gasteiger partial charge < -0.3 is 10.5 Å². The molecule has 0 amide bonds. The van der Waals surface area contributed by atoms with E-state index in [1.165, 1.54) is 12.7 Å². The van der Waals surface area contributed by atoms with Crippen LogP contribution in [0.3, 0.4) is 0 Å². The van der Waals surface area contributed by atoms with Crippen LogP contribution in [-0.4, -0.2) is 18.1 Å². The fourth-order valence-corrected chi connectivity index (χ4v) is 3.28. The summed E-state index contributed by atoms with van der Waals surface area (Å²) in [5.41, 5.74) is 12.5. The molecule has 0 atom stereocenters. The van der Waals surface area contributed by atoms with Gasteiger partial charge in [-0.25, -0.2) is 4.79 Å². The van der Waals surface area contributed by atoms with Crippen molar-refractivity contribution in [2.24, 2.45) is 11.7 Å². The number of aryl methyl sites for hydroxylation is 2. The molecule has 4 nitrogen and oxygen atoms in total. The van der Waals surface area contributed by atoms with E-state index in [1.807, 2.05) is 19.1 Å². The molecule has 0 saturated heterocycles. The van der Waals surface area contributed by atoms with Gasteiger partial charge in [0.2, 0.25) is 0 Å². The summed E-state index contributed by atoms with van der Waals surface area (Å²) in [6.07, 6.45) is 2.48. The summed E-state index contributed by atoms with van der Waals surface area (Å²) in [4.78, 5) is 17.5. The number of hydrogen-bond acceptors (Lipinski definition) is 4. The molecule has 0 bridgehead atoms. The number of ether oxygens (including phenoxy) is 1. The van der Waals surface area contributed by atoms with Gasteiger partial charge in [-0.2, -0.15) is 0 Å². The molecule has 0 aliphatic rings. The molecule has 0 radical (unpaired) electrons. The van der Waals surface area contributed by atoms with Crippen molar-refractivity contribution in [2.45, 2.75) is 53.5 Å². The highest BCUT2D eigenvalue weighted by Gasteiger charge is 2.25. The predicted octanol–water partition coefficient (Wildman–Crippen LogP) is 4.45. The fraction of sp³-hybridized carbons (Fsp3) is 0.455. The molecule has 1 aromatic carbocycles. The van der Waals surface area contributed by atoms with Crippen LogP contribution in [0, 0.1) is 12.8 Å². The minimum atomic E-state index is -0.345. The van der Waals surface area contributed by atoms with E-state index in [0.29, 0.717) is 18.0 Å². The highest BCUT2D eigenvalue weighted by Crippen LogP contribution is 2.33. The molecule has 26 heavy (non-hydrogen) atoms. The van der Waals surface area contributed by atoms with Gasteiger partial charge in [-0.3, -0.25) is 4.98 Å².